The number of alkyl carbamates (subject to hydrolysis) is 1. The quantitative estimate of drug-likeness (QED) is 0.0313. The lowest BCUT2D eigenvalue weighted by atomic mass is 10.0. The van der Waals surface area contributed by atoms with Crippen molar-refractivity contribution in [1.82, 2.24) is 10.6 Å². The molecular formula is C42H61N2O15P. The van der Waals surface area contributed by atoms with E-state index in [0.717, 1.165) is 12.8 Å². The van der Waals surface area contributed by atoms with Gasteiger partial charge in [0.1, 0.15) is 23.6 Å². The van der Waals surface area contributed by atoms with Gasteiger partial charge in [-0.25, -0.2) is 14.2 Å². The maximum absolute atomic E-state index is 12.9. The number of carbonyl (C=O) groups is 6. The molecule has 0 saturated carbocycles. The zero-order chi connectivity index (χ0) is 44.9. The first-order valence-electron chi connectivity index (χ1n) is 19.9. The summed E-state index contributed by atoms with van der Waals surface area (Å²) in [5.74, 6) is -2.08. The second-order valence-corrected chi connectivity index (χ2v) is 17.2. The lowest BCUT2D eigenvalue weighted by Crippen LogP contribution is -2.48. The first kappa shape index (κ1) is 51.3. The number of methoxy groups -OCH3 is 1. The minimum absolute atomic E-state index is 0.00790. The van der Waals surface area contributed by atoms with Gasteiger partial charge in [-0.15, -0.1) is 0 Å². The number of esters is 3. The third-order valence-electron chi connectivity index (χ3n) is 8.03. The lowest BCUT2D eigenvalue weighted by Gasteiger charge is -2.26. The van der Waals surface area contributed by atoms with E-state index in [-0.39, 0.29) is 24.5 Å². The van der Waals surface area contributed by atoms with Crippen molar-refractivity contribution in [2.75, 3.05) is 33.5 Å². The number of rotatable bonds is 25. The Labute approximate surface area is 352 Å². The molecule has 1 unspecified atom stereocenters. The molecule has 2 aromatic carbocycles. The first-order chi connectivity index (χ1) is 28.1. The van der Waals surface area contributed by atoms with Crippen molar-refractivity contribution in [3.8, 4) is 5.75 Å². The molecule has 0 fully saturated rings. The SMILES string of the molecule is CCCCCC(=O)O[C@@H](COC(=O)CCCCCNC(=O)c1ccc(C(=O)c2ccc(OC)cc2)cc1)COP(=O)(O)OC[C@H](NC(=O)OC(C)(C)C)C(=O)OC(C)(C)C. The van der Waals surface area contributed by atoms with E-state index in [0.29, 0.717) is 54.7 Å². The van der Waals surface area contributed by atoms with Crippen molar-refractivity contribution in [3.05, 3.63) is 65.2 Å². The summed E-state index contributed by atoms with van der Waals surface area (Å²) in [5, 5.41) is 5.07. The Morgan fingerprint density at radius 1 is 0.700 bits per heavy atom. The molecule has 60 heavy (non-hydrogen) atoms. The minimum Gasteiger partial charge on any atom is -0.497 e. The van der Waals surface area contributed by atoms with Gasteiger partial charge < -0.3 is 39.2 Å². The van der Waals surface area contributed by atoms with Crippen molar-refractivity contribution < 1.29 is 71.0 Å². The molecule has 0 bridgehead atoms. The van der Waals surface area contributed by atoms with E-state index in [4.69, 9.17) is 32.7 Å². The topological polar surface area (TPSA) is 228 Å². The Kier molecular flexibility index (Phi) is 21.4. The van der Waals surface area contributed by atoms with Crippen LogP contribution >= 0.6 is 7.82 Å². The standard InChI is InChI=1S/C42H61N2O15P/c1-9-10-12-16-36(46)57-33(27-55-60(51,52)56-28-34(39(49)58-41(2,3)4)44-40(50)59-42(5,6)7)26-54-35(45)15-13-11-14-25-43-38(48)31-19-17-29(18-20-31)37(47)30-21-23-32(53-8)24-22-30/h17-24,33-34H,9-16,25-28H2,1-8H3,(H,43,48)(H,44,50)(H,51,52)/t33-,34-/m0/s1. The molecule has 0 spiro atoms. The van der Waals surface area contributed by atoms with Gasteiger partial charge in [0.2, 0.25) is 0 Å². The highest BCUT2D eigenvalue weighted by molar-refractivity contribution is 7.47. The van der Waals surface area contributed by atoms with Crippen molar-refractivity contribution in [3.63, 3.8) is 0 Å². The molecule has 0 aliphatic rings. The van der Waals surface area contributed by atoms with Crippen LogP contribution in [0.3, 0.4) is 0 Å². The number of benzene rings is 2. The number of ether oxygens (including phenoxy) is 5. The average Bonchev–Trinajstić information content (AvgIpc) is 3.17. The molecule has 18 heteroatoms. The number of phosphoric ester groups is 1. The van der Waals surface area contributed by atoms with Crippen molar-refractivity contribution >= 4 is 43.5 Å². The summed E-state index contributed by atoms with van der Waals surface area (Å²) >= 11 is 0. The maximum Gasteiger partial charge on any atom is 0.472 e. The van der Waals surface area contributed by atoms with E-state index >= 15 is 0 Å². The van der Waals surface area contributed by atoms with Gasteiger partial charge in [0.15, 0.2) is 17.9 Å². The fraction of sp³-hybridized carbons (Fsp3) is 0.571. The molecule has 334 valence electrons. The van der Waals surface area contributed by atoms with Crippen LogP contribution < -0.4 is 15.4 Å². The third kappa shape index (κ3) is 21.4. The molecular weight excluding hydrogens is 803 g/mol. The molecule has 0 heterocycles. The van der Waals surface area contributed by atoms with Crippen LogP contribution in [0, 0.1) is 0 Å². The Bertz CT molecular complexity index is 1750. The van der Waals surface area contributed by atoms with E-state index in [1.165, 1.54) is 0 Å². The molecule has 3 N–H and O–H groups in total. The van der Waals surface area contributed by atoms with Crippen LogP contribution in [0.4, 0.5) is 4.79 Å². The highest BCUT2D eigenvalue weighted by Gasteiger charge is 2.33. The molecule has 17 nitrogen and oxygen atoms in total. The fourth-order valence-corrected chi connectivity index (χ4v) is 5.84. The highest BCUT2D eigenvalue weighted by Crippen LogP contribution is 2.43. The summed E-state index contributed by atoms with van der Waals surface area (Å²) in [7, 11) is -3.41. The monoisotopic (exact) mass is 864 g/mol. The van der Waals surface area contributed by atoms with Crippen LogP contribution in [0.1, 0.15) is 126 Å². The van der Waals surface area contributed by atoms with Gasteiger partial charge in [-0.3, -0.25) is 28.2 Å². The van der Waals surface area contributed by atoms with Crippen molar-refractivity contribution in [2.24, 2.45) is 0 Å². The van der Waals surface area contributed by atoms with E-state index in [2.05, 4.69) is 10.6 Å². The Balaban J connectivity index is 1.86. The van der Waals surface area contributed by atoms with Gasteiger partial charge in [0.05, 0.1) is 20.3 Å². The summed E-state index contributed by atoms with van der Waals surface area (Å²) < 4.78 is 49.2. The van der Waals surface area contributed by atoms with Crippen LogP contribution in [0.2, 0.25) is 0 Å². The number of ketones is 1. The Morgan fingerprint density at radius 2 is 1.25 bits per heavy atom. The first-order valence-corrected chi connectivity index (χ1v) is 21.4. The fourth-order valence-electron chi connectivity index (χ4n) is 5.07. The number of carbonyl (C=O) groups excluding carboxylic acids is 6. The van der Waals surface area contributed by atoms with Crippen LogP contribution in [0.15, 0.2) is 48.5 Å². The molecule has 3 atom stereocenters. The van der Waals surface area contributed by atoms with Crippen LogP contribution in [0.25, 0.3) is 0 Å². The van der Waals surface area contributed by atoms with E-state index in [1.807, 2.05) is 6.92 Å². The molecule has 2 rings (SSSR count). The van der Waals surface area contributed by atoms with E-state index in [1.54, 1.807) is 97.2 Å². The Morgan fingerprint density at radius 3 is 1.83 bits per heavy atom. The lowest BCUT2D eigenvalue weighted by molar-refractivity contribution is -0.161. The summed E-state index contributed by atoms with van der Waals surface area (Å²) in [5.41, 5.74) is -0.560. The Hall–Kier alpha value is -4.83. The largest absolute Gasteiger partial charge is 0.497 e. The van der Waals surface area contributed by atoms with Crippen LogP contribution in [-0.4, -0.2) is 97.4 Å². The van der Waals surface area contributed by atoms with Gasteiger partial charge in [-0.1, -0.05) is 38.3 Å². The van der Waals surface area contributed by atoms with Crippen LogP contribution in [0.5, 0.6) is 5.75 Å². The summed E-state index contributed by atoms with van der Waals surface area (Å²) in [6, 6.07) is 11.5. The predicted octanol–water partition coefficient (Wildman–Crippen LogP) is 6.62. The molecule has 0 saturated heterocycles. The number of phosphoric acid groups is 1. The number of nitrogens with one attached hydrogen (secondary N) is 2. The van der Waals surface area contributed by atoms with Crippen molar-refractivity contribution in [2.45, 2.75) is 123 Å². The summed E-state index contributed by atoms with van der Waals surface area (Å²) in [4.78, 5) is 86.0. The van der Waals surface area contributed by atoms with E-state index in [9.17, 15) is 38.2 Å². The van der Waals surface area contributed by atoms with Gasteiger partial charge in [0, 0.05) is 36.1 Å². The van der Waals surface area contributed by atoms with Crippen LogP contribution in [-0.2, 0) is 46.9 Å². The minimum atomic E-state index is -4.95. The number of hydrogen-bond donors (Lipinski definition) is 3. The van der Waals surface area contributed by atoms with E-state index < -0.39 is 75.0 Å². The zero-order valence-electron chi connectivity index (χ0n) is 35.9. The molecule has 2 amide bonds. The van der Waals surface area contributed by atoms with Gasteiger partial charge >= 0.3 is 31.8 Å². The normalized spacial score (nSPS) is 13.5. The second kappa shape index (κ2) is 25.1. The molecule has 2 aromatic rings. The molecule has 0 aliphatic heterocycles. The second-order valence-electron chi connectivity index (χ2n) is 15.7. The number of hydrogen-bond acceptors (Lipinski definition) is 14. The molecule has 0 aliphatic carbocycles. The number of unbranched alkanes of at least 4 members (excludes halogenated alkanes) is 4. The highest BCUT2D eigenvalue weighted by atomic mass is 31.2. The summed E-state index contributed by atoms with van der Waals surface area (Å²) in [6.45, 7) is 9.86. The van der Waals surface area contributed by atoms with Gasteiger partial charge in [-0.05, 0) is 97.2 Å². The average molecular weight is 865 g/mol. The zero-order valence-corrected chi connectivity index (χ0v) is 36.8. The summed E-state index contributed by atoms with van der Waals surface area (Å²) in [6.07, 6.45) is 1.51. The van der Waals surface area contributed by atoms with Crippen molar-refractivity contribution in [1.29, 1.82) is 0 Å². The predicted molar refractivity (Wildman–Crippen MR) is 219 cm³/mol. The molecule has 0 radical (unpaired) electrons. The third-order valence-corrected chi connectivity index (χ3v) is 8.98. The smallest absolute Gasteiger partial charge is 0.472 e. The molecule has 0 aromatic heterocycles. The maximum atomic E-state index is 12.9. The van der Waals surface area contributed by atoms with Gasteiger partial charge in [-0.2, -0.15) is 0 Å². The number of amides is 2. The van der Waals surface area contributed by atoms with Gasteiger partial charge in [0.25, 0.3) is 5.91 Å².